The number of piperidine rings is 2. The van der Waals surface area contributed by atoms with E-state index in [1.807, 2.05) is 0 Å². The van der Waals surface area contributed by atoms with E-state index in [2.05, 4.69) is 45.1 Å². The predicted octanol–water partition coefficient (Wildman–Crippen LogP) is 2.26. The maximum Gasteiger partial charge on any atom is 0.231 e. The first kappa shape index (κ1) is 16.0. The van der Waals surface area contributed by atoms with Gasteiger partial charge in [0.15, 0.2) is 0 Å². The highest BCUT2D eigenvalue weighted by Gasteiger charge is 2.32. The van der Waals surface area contributed by atoms with E-state index in [-0.39, 0.29) is 5.92 Å². The summed E-state index contributed by atoms with van der Waals surface area (Å²) >= 11 is 3.49. The Kier molecular flexibility index (Phi) is 5.53. The van der Waals surface area contributed by atoms with Crippen LogP contribution in [-0.4, -0.2) is 37.0 Å². The molecule has 0 radical (unpaired) electrons. The smallest absolute Gasteiger partial charge is 0.231 e. The molecule has 2 saturated heterocycles. The third kappa shape index (κ3) is 4.11. The van der Waals surface area contributed by atoms with Crippen molar-refractivity contribution in [3.05, 3.63) is 34.3 Å². The van der Waals surface area contributed by atoms with Gasteiger partial charge in [0, 0.05) is 23.1 Å². The molecule has 2 aliphatic rings. The number of hydrogen-bond acceptors (Lipinski definition) is 1. The summed E-state index contributed by atoms with van der Waals surface area (Å²) in [6.45, 7) is 5.21. The van der Waals surface area contributed by atoms with E-state index < -0.39 is 0 Å². The van der Waals surface area contributed by atoms with Crippen LogP contribution >= 0.6 is 15.9 Å². The van der Waals surface area contributed by atoms with Crippen LogP contribution in [0.2, 0.25) is 0 Å². The van der Waals surface area contributed by atoms with E-state index in [0.29, 0.717) is 5.91 Å². The van der Waals surface area contributed by atoms with Crippen molar-refractivity contribution in [2.75, 3.05) is 26.2 Å². The third-order valence-corrected chi connectivity index (χ3v) is 5.53. The van der Waals surface area contributed by atoms with Gasteiger partial charge in [-0.3, -0.25) is 4.79 Å². The third-order valence-electron chi connectivity index (χ3n) is 5.00. The van der Waals surface area contributed by atoms with Gasteiger partial charge in [-0.15, -0.1) is 0 Å². The molecule has 2 aliphatic heterocycles. The summed E-state index contributed by atoms with van der Waals surface area (Å²) in [5.74, 6) is 0.671. The first-order valence-corrected chi connectivity index (χ1v) is 9.38. The van der Waals surface area contributed by atoms with Gasteiger partial charge < -0.3 is 9.80 Å². The standard InChI is InChI=1S/C18H25BrN2O/c19-17-8-6-15(7-9-17)13-20-10-4-5-16(14-20)18(22)21-11-2-1-3-12-21/h6-9,16H,1-5,10-14H2/p+1/t16-/m0/s1. The lowest BCUT2D eigenvalue weighted by Gasteiger charge is -2.34. The van der Waals surface area contributed by atoms with Gasteiger partial charge >= 0.3 is 0 Å². The second kappa shape index (κ2) is 7.60. The minimum atomic E-state index is 0.247. The normalized spacial score (nSPS) is 26.0. The molecule has 3 rings (SSSR count). The van der Waals surface area contributed by atoms with Crippen LogP contribution in [-0.2, 0) is 11.3 Å². The largest absolute Gasteiger partial charge is 0.342 e. The molecule has 1 amide bonds. The number of amides is 1. The van der Waals surface area contributed by atoms with Crippen molar-refractivity contribution in [3.63, 3.8) is 0 Å². The van der Waals surface area contributed by atoms with E-state index in [4.69, 9.17) is 0 Å². The molecule has 2 atom stereocenters. The second-order valence-electron chi connectivity index (χ2n) is 6.73. The van der Waals surface area contributed by atoms with E-state index in [1.54, 1.807) is 4.90 Å². The number of rotatable bonds is 3. The number of halogens is 1. The van der Waals surface area contributed by atoms with Crippen molar-refractivity contribution in [1.82, 2.24) is 4.90 Å². The summed E-state index contributed by atoms with van der Waals surface area (Å²) in [5.41, 5.74) is 1.37. The van der Waals surface area contributed by atoms with E-state index in [1.165, 1.54) is 37.8 Å². The topological polar surface area (TPSA) is 24.8 Å². The zero-order chi connectivity index (χ0) is 15.4. The summed E-state index contributed by atoms with van der Waals surface area (Å²) in [7, 11) is 0. The number of quaternary nitrogens is 1. The van der Waals surface area contributed by atoms with Gasteiger partial charge in [-0.25, -0.2) is 0 Å². The van der Waals surface area contributed by atoms with Crippen molar-refractivity contribution >= 4 is 21.8 Å². The van der Waals surface area contributed by atoms with Gasteiger partial charge in [-0.1, -0.05) is 28.1 Å². The number of hydrogen-bond donors (Lipinski definition) is 1. The fourth-order valence-electron chi connectivity index (χ4n) is 3.79. The van der Waals surface area contributed by atoms with Crippen LogP contribution in [0.15, 0.2) is 28.7 Å². The van der Waals surface area contributed by atoms with Crippen LogP contribution in [0.1, 0.15) is 37.7 Å². The van der Waals surface area contributed by atoms with E-state index >= 15 is 0 Å². The summed E-state index contributed by atoms with van der Waals surface area (Å²) < 4.78 is 1.13. The first-order valence-electron chi connectivity index (χ1n) is 8.59. The maximum absolute atomic E-state index is 12.7. The van der Waals surface area contributed by atoms with Crippen molar-refractivity contribution in [3.8, 4) is 0 Å². The molecule has 0 bridgehead atoms. The molecule has 2 heterocycles. The number of nitrogens with one attached hydrogen (secondary N) is 1. The highest BCUT2D eigenvalue weighted by atomic mass is 79.9. The minimum Gasteiger partial charge on any atom is -0.342 e. The molecule has 0 saturated carbocycles. The Bertz CT molecular complexity index is 496. The number of carbonyl (C=O) groups is 1. The van der Waals surface area contributed by atoms with Gasteiger partial charge in [0.1, 0.15) is 6.54 Å². The Morgan fingerprint density at radius 3 is 2.59 bits per heavy atom. The van der Waals surface area contributed by atoms with E-state index in [9.17, 15) is 4.79 Å². The van der Waals surface area contributed by atoms with Crippen LogP contribution in [0.3, 0.4) is 0 Å². The maximum atomic E-state index is 12.7. The monoisotopic (exact) mass is 365 g/mol. The van der Waals surface area contributed by atoms with Gasteiger partial charge in [0.05, 0.1) is 19.0 Å². The van der Waals surface area contributed by atoms with Gasteiger partial charge in [0.2, 0.25) is 5.91 Å². The molecule has 1 aromatic rings. The van der Waals surface area contributed by atoms with Crippen LogP contribution in [0.5, 0.6) is 0 Å². The Hall–Kier alpha value is -0.870. The van der Waals surface area contributed by atoms with Crippen LogP contribution in [0, 0.1) is 5.92 Å². The summed E-state index contributed by atoms with van der Waals surface area (Å²) in [6.07, 6.45) is 5.92. The lowest BCUT2D eigenvalue weighted by Crippen LogP contribution is -3.12. The SMILES string of the molecule is O=C([C@H]1CCC[NH+](Cc2ccc(Br)cc2)C1)N1CCCCC1. The molecule has 4 heteroatoms. The lowest BCUT2D eigenvalue weighted by molar-refractivity contribution is -0.921. The number of likely N-dealkylation sites (tertiary alicyclic amines) is 2. The number of benzene rings is 1. The molecular formula is C18H26BrN2O+. The molecule has 0 aromatic heterocycles. The fraction of sp³-hybridized carbons (Fsp3) is 0.611. The van der Waals surface area contributed by atoms with Crippen LogP contribution < -0.4 is 4.90 Å². The Morgan fingerprint density at radius 2 is 1.86 bits per heavy atom. The average Bonchev–Trinajstić information content (AvgIpc) is 2.57. The molecule has 3 nitrogen and oxygen atoms in total. The highest BCUT2D eigenvalue weighted by molar-refractivity contribution is 9.10. The predicted molar refractivity (Wildman–Crippen MR) is 91.7 cm³/mol. The molecule has 1 aromatic carbocycles. The average molecular weight is 366 g/mol. The molecule has 0 aliphatic carbocycles. The minimum absolute atomic E-state index is 0.247. The zero-order valence-corrected chi connectivity index (χ0v) is 14.8. The zero-order valence-electron chi connectivity index (χ0n) is 13.2. The first-order chi connectivity index (χ1) is 10.7. The molecule has 1 N–H and O–H groups in total. The highest BCUT2D eigenvalue weighted by Crippen LogP contribution is 2.17. The van der Waals surface area contributed by atoms with Crippen molar-refractivity contribution in [2.24, 2.45) is 5.92 Å². The van der Waals surface area contributed by atoms with Gasteiger partial charge in [-0.05, 0) is 44.2 Å². The fourth-order valence-corrected chi connectivity index (χ4v) is 4.05. The molecular weight excluding hydrogens is 340 g/mol. The molecule has 0 spiro atoms. The molecule has 22 heavy (non-hydrogen) atoms. The van der Waals surface area contributed by atoms with Crippen LogP contribution in [0.4, 0.5) is 0 Å². The molecule has 2 fully saturated rings. The summed E-state index contributed by atoms with van der Waals surface area (Å²) in [5, 5.41) is 0. The number of nitrogens with zero attached hydrogens (tertiary/aromatic N) is 1. The number of carbonyl (C=O) groups excluding carboxylic acids is 1. The molecule has 120 valence electrons. The second-order valence-corrected chi connectivity index (χ2v) is 7.65. The Labute approximate surface area is 141 Å². The van der Waals surface area contributed by atoms with E-state index in [0.717, 1.165) is 37.1 Å². The Morgan fingerprint density at radius 1 is 1.14 bits per heavy atom. The van der Waals surface area contributed by atoms with Crippen molar-refractivity contribution < 1.29 is 9.69 Å². The summed E-state index contributed by atoms with van der Waals surface area (Å²) in [4.78, 5) is 16.4. The lowest BCUT2D eigenvalue weighted by atomic mass is 9.95. The van der Waals surface area contributed by atoms with Crippen molar-refractivity contribution in [1.29, 1.82) is 0 Å². The van der Waals surface area contributed by atoms with Crippen molar-refractivity contribution in [2.45, 2.75) is 38.6 Å². The quantitative estimate of drug-likeness (QED) is 0.872. The molecule has 1 unspecified atom stereocenters. The van der Waals surface area contributed by atoms with Gasteiger partial charge in [-0.2, -0.15) is 0 Å². The Balaban J connectivity index is 1.56. The summed E-state index contributed by atoms with van der Waals surface area (Å²) in [6, 6.07) is 8.59. The van der Waals surface area contributed by atoms with Gasteiger partial charge in [0.25, 0.3) is 0 Å². The van der Waals surface area contributed by atoms with Crippen LogP contribution in [0.25, 0.3) is 0 Å².